The topological polar surface area (TPSA) is 83.6 Å². The molecule has 0 spiro atoms. The van der Waals surface area contributed by atoms with Gasteiger partial charge in [-0.25, -0.2) is 0 Å². The molecule has 1 aliphatic rings. The van der Waals surface area contributed by atoms with Crippen LogP contribution >= 0.6 is 0 Å². The first-order valence-corrected chi connectivity index (χ1v) is 6.41. The van der Waals surface area contributed by atoms with Crippen molar-refractivity contribution < 1.29 is 14.7 Å². The summed E-state index contributed by atoms with van der Waals surface area (Å²) in [6, 6.07) is -0.0602. The zero-order valence-electron chi connectivity index (χ0n) is 12.0. The number of aldehydes is 2. The molecule has 0 radical (unpaired) electrons. The smallest absolute Gasteiger partial charge is 0.137 e. The summed E-state index contributed by atoms with van der Waals surface area (Å²) in [5.41, 5.74) is 5.25. The summed E-state index contributed by atoms with van der Waals surface area (Å²) in [6.45, 7) is 6.85. The van der Waals surface area contributed by atoms with Gasteiger partial charge < -0.3 is 20.4 Å². The fourth-order valence-corrected chi connectivity index (χ4v) is 1.27. The van der Waals surface area contributed by atoms with Gasteiger partial charge in [0.15, 0.2) is 0 Å². The number of carbonyl (C=O) groups excluding carboxylic acids is 2. The Balaban J connectivity index is 0. The second-order valence-corrected chi connectivity index (χ2v) is 4.60. The van der Waals surface area contributed by atoms with Crippen molar-refractivity contribution in [3.8, 4) is 0 Å². The van der Waals surface area contributed by atoms with Crippen molar-refractivity contribution in [2.24, 2.45) is 11.7 Å². The van der Waals surface area contributed by atoms with Gasteiger partial charge in [-0.1, -0.05) is 13.8 Å². The molecule has 1 saturated heterocycles. The maximum atomic E-state index is 10.2. The number of aliphatic hydroxyl groups is 1. The molecule has 18 heavy (non-hydrogen) atoms. The Morgan fingerprint density at radius 2 is 1.94 bits per heavy atom. The molecule has 1 rings (SSSR count). The highest BCUT2D eigenvalue weighted by atomic mass is 16.2. The molecule has 0 aliphatic carbocycles. The summed E-state index contributed by atoms with van der Waals surface area (Å²) >= 11 is 0. The molecule has 1 fully saturated rings. The van der Waals surface area contributed by atoms with Crippen LogP contribution in [0.25, 0.3) is 0 Å². The third kappa shape index (κ3) is 10.4. The van der Waals surface area contributed by atoms with E-state index in [2.05, 4.69) is 4.90 Å². The third-order valence-electron chi connectivity index (χ3n) is 2.66. The average Bonchev–Trinajstić information content (AvgIpc) is 2.75. The number of aliphatic hydroxyl groups excluding tert-OH is 1. The molecular weight excluding hydrogens is 232 g/mol. The van der Waals surface area contributed by atoms with Gasteiger partial charge in [0.05, 0.1) is 12.1 Å². The van der Waals surface area contributed by atoms with Gasteiger partial charge in [-0.15, -0.1) is 0 Å². The molecular formula is C13H28N2O3. The average molecular weight is 260 g/mol. The van der Waals surface area contributed by atoms with Crippen molar-refractivity contribution in [1.29, 1.82) is 0 Å². The highest BCUT2D eigenvalue weighted by Gasteiger charge is 2.18. The van der Waals surface area contributed by atoms with E-state index in [1.807, 2.05) is 20.9 Å². The van der Waals surface area contributed by atoms with Gasteiger partial charge in [-0.05, 0) is 39.3 Å². The van der Waals surface area contributed by atoms with Crippen LogP contribution < -0.4 is 5.73 Å². The zero-order valence-corrected chi connectivity index (χ0v) is 12.0. The van der Waals surface area contributed by atoms with Crippen LogP contribution in [0.15, 0.2) is 0 Å². The van der Waals surface area contributed by atoms with Crippen LogP contribution in [0.3, 0.4) is 0 Å². The van der Waals surface area contributed by atoms with Gasteiger partial charge >= 0.3 is 0 Å². The number of nitrogens with two attached hydrogens (primary N) is 1. The first-order chi connectivity index (χ1) is 8.44. The van der Waals surface area contributed by atoms with Crippen molar-refractivity contribution in [3.05, 3.63) is 0 Å². The van der Waals surface area contributed by atoms with E-state index >= 15 is 0 Å². The van der Waals surface area contributed by atoms with E-state index < -0.39 is 0 Å². The maximum Gasteiger partial charge on any atom is 0.137 e. The van der Waals surface area contributed by atoms with E-state index in [0.717, 1.165) is 25.5 Å². The summed E-state index contributed by atoms with van der Waals surface area (Å²) in [7, 11) is 1.99. The lowest BCUT2D eigenvalue weighted by Gasteiger charge is -2.10. The lowest BCUT2D eigenvalue weighted by atomic mass is 10.1. The molecule has 0 aromatic carbocycles. The van der Waals surface area contributed by atoms with Crippen molar-refractivity contribution in [2.75, 3.05) is 20.2 Å². The molecule has 2 atom stereocenters. The predicted octanol–water partition coefficient (Wildman–Crippen LogP) is 0.447. The van der Waals surface area contributed by atoms with Crippen molar-refractivity contribution in [3.63, 3.8) is 0 Å². The van der Waals surface area contributed by atoms with Crippen LogP contribution in [0.2, 0.25) is 0 Å². The number of hydrogen-bond donors (Lipinski definition) is 2. The van der Waals surface area contributed by atoms with Gasteiger partial charge in [0.2, 0.25) is 0 Å². The van der Waals surface area contributed by atoms with E-state index in [1.165, 1.54) is 6.42 Å². The fraction of sp³-hybridized carbons (Fsp3) is 0.846. The second-order valence-electron chi connectivity index (χ2n) is 4.60. The number of hydrogen-bond acceptors (Lipinski definition) is 5. The van der Waals surface area contributed by atoms with Gasteiger partial charge in [0, 0.05) is 6.61 Å². The van der Waals surface area contributed by atoms with Gasteiger partial charge in [0.1, 0.15) is 12.6 Å². The van der Waals surface area contributed by atoms with Crippen LogP contribution in [-0.2, 0) is 9.59 Å². The summed E-state index contributed by atoms with van der Waals surface area (Å²) in [6.07, 6.45) is 4.04. The number of likely N-dealkylation sites (N-methyl/N-ethyl adjacent to an activating group) is 1. The minimum Gasteiger partial charge on any atom is -0.397 e. The summed E-state index contributed by atoms with van der Waals surface area (Å²) in [4.78, 5) is 22.1. The molecule has 3 N–H and O–H groups in total. The van der Waals surface area contributed by atoms with Crippen LogP contribution in [0.5, 0.6) is 0 Å². The third-order valence-corrected chi connectivity index (χ3v) is 2.66. The van der Waals surface area contributed by atoms with E-state index in [1.54, 1.807) is 6.92 Å². The predicted molar refractivity (Wildman–Crippen MR) is 73.4 cm³/mol. The first kappa shape index (κ1) is 19.6. The molecule has 0 aromatic rings. The fourth-order valence-electron chi connectivity index (χ4n) is 1.27. The quantitative estimate of drug-likeness (QED) is 0.720. The normalized spacial score (nSPS) is 20.3. The lowest BCUT2D eigenvalue weighted by Crippen LogP contribution is -2.27. The van der Waals surface area contributed by atoms with Crippen molar-refractivity contribution in [1.82, 2.24) is 4.90 Å². The summed E-state index contributed by atoms with van der Waals surface area (Å²) in [5, 5.41) is 7.57. The minimum atomic E-state index is -0.278. The molecule has 1 unspecified atom stereocenters. The monoisotopic (exact) mass is 260 g/mol. The van der Waals surface area contributed by atoms with Crippen LogP contribution in [0.4, 0.5) is 0 Å². The standard InChI is InChI=1S/C6H11NO.C5H11NO.C2H6O/c1-7-4-2-3-6(7)5-8;1-4(2)5(6)3-7;1-2-3/h5-6H,2-4H2,1H3;3-5H,6H2,1-2H3;3H,2H2,1H3/t6-;;/m0../s1. The zero-order chi connectivity index (χ0) is 14.6. The molecule has 0 bridgehead atoms. The number of nitrogens with zero attached hydrogens (tertiary/aromatic N) is 1. The van der Waals surface area contributed by atoms with Crippen LogP contribution in [0, 0.1) is 5.92 Å². The Labute approximate surface area is 110 Å². The molecule has 108 valence electrons. The lowest BCUT2D eigenvalue weighted by molar-refractivity contribution is -0.111. The van der Waals surface area contributed by atoms with Crippen molar-refractivity contribution >= 4 is 12.6 Å². The Bertz CT molecular complexity index is 210. The van der Waals surface area contributed by atoms with Crippen LogP contribution in [-0.4, -0.2) is 54.9 Å². The number of rotatable bonds is 3. The first-order valence-electron chi connectivity index (χ1n) is 6.41. The molecule has 0 amide bonds. The summed E-state index contributed by atoms with van der Waals surface area (Å²) in [5.74, 6) is 0.275. The molecule has 5 nitrogen and oxygen atoms in total. The Kier molecular flexibility index (Phi) is 13.8. The number of likely N-dealkylation sites (tertiary alicyclic amines) is 1. The van der Waals surface area contributed by atoms with E-state index in [0.29, 0.717) is 0 Å². The largest absolute Gasteiger partial charge is 0.397 e. The molecule has 1 aliphatic heterocycles. The van der Waals surface area contributed by atoms with Gasteiger partial charge in [0.25, 0.3) is 0 Å². The Morgan fingerprint density at radius 1 is 1.44 bits per heavy atom. The molecule has 0 aromatic heterocycles. The van der Waals surface area contributed by atoms with E-state index in [4.69, 9.17) is 10.8 Å². The highest BCUT2D eigenvalue weighted by molar-refractivity contribution is 5.58. The van der Waals surface area contributed by atoms with E-state index in [9.17, 15) is 9.59 Å². The van der Waals surface area contributed by atoms with Crippen LogP contribution in [0.1, 0.15) is 33.6 Å². The molecule has 5 heteroatoms. The van der Waals surface area contributed by atoms with Gasteiger partial charge in [-0.3, -0.25) is 4.90 Å². The molecule has 0 saturated carbocycles. The minimum absolute atomic E-state index is 0.218. The SMILES string of the molecule is CC(C)C(N)C=O.CCO.CN1CCC[C@H]1C=O. The van der Waals surface area contributed by atoms with Gasteiger partial charge in [-0.2, -0.15) is 0 Å². The second kappa shape index (κ2) is 12.7. The maximum absolute atomic E-state index is 10.2. The summed E-state index contributed by atoms with van der Waals surface area (Å²) < 4.78 is 0. The van der Waals surface area contributed by atoms with Crippen molar-refractivity contribution in [2.45, 2.75) is 45.7 Å². The molecule has 1 heterocycles. The van der Waals surface area contributed by atoms with E-state index in [-0.39, 0.29) is 24.6 Å². The Hall–Kier alpha value is -0.780. The highest BCUT2D eigenvalue weighted by Crippen LogP contribution is 2.11. The Morgan fingerprint density at radius 3 is 2.06 bits per heavy atom. The number of carbonyl (C=O) groups is 2.